The van der Waals surface area contributed by atoms with Gasteiger partial charge in [-0.25, -0.2) is 4.79 Å². The molecule has 1 aromatic carbocycles. The number of alkyl carbamates (subject to hydrolysis) is 1. The van der Waals surface area contributed by atoms with Crippen LogP contribution in [0.2, 0.25) is 0 Å². The highest BCUT2D eigenvalue weighted by molar-refractivity contribution is 5.67. The summed E-state index contributed by atoms with van der Waals surface area (Å²) in [5, 5.41) is 2.40. The van der Waals surface area contributed by atoms with Gasteiger partial charge >= 0.3 is 6.09 Å². The van der Waals surface area contributed by atoms with Gasteiger partial charge in [-0.15, -0.1) is 0 Å². The van der Waals surface area contributed by atoms with E-state index in [0.29, 0.717) is 0 Å². The van der Waals surface area contributed by atoms with E-state index in [1.165, 1.54) is 0 Å². The largest absolute Gasteiger partial charge is 0.442 e. The molecule has 0 saturated carbocycles. The molecule has 1 unspecified atom stereocenters. The lowest BCUT2D eigenvalue weighted by atomic mass is 10.1. The fourth-order valence-electron chi connectivity index (χ4n) is 1.01. The number of ether oxygens (including phenoxy) is 1. The quantitative estimate of drug-likeness (QED) is 0.812. The van der Waals surface area contributed by atoms with Crippen molar-refractivity contribution in [3.63, 3.8) is 0 Å². The van der Waals surface area contributed by atoms with Crippen molar-refractivity contribution in [3.05, 3.63) is 35.9 Å². The molecule has 0 saturated heterocycles. The molecule has 0 spiro atoms. The van der Waals surface area contributed by atoms with Crippen LogP contribution in [0.25, 0.3) is 0 Å². The molecular formula is C12H19NO2. The van der Waals surface area contributed by atoms with Gasteiger partial charge in [0.05, 0.1) is 0 Å². The Morgan fingerprint density at radius 2 is 1.80 bits per heavy atom. The summed E-state index contributed by atoms with van der Waals surface area (Å²) in [6, 6.07) is 9.61. The van der Waals surface area contributed by atoms with Gasteiger partial charge in [0.2, 0.25) is 0 Å². The first kappa shape index (κ1) is 13.5. The first-order valence-electron chi connectivity index (χ1n) is 5.17. The minimum atomic E-state index is -0.406. The van der Waals surface area contributed by atoms with Crippen molar-refractivity contribution < 1.29 is 9.53 Å². The second-order valence-electron chi connectivity index (χ2n) is 2.71. The Hall–Kier alpha value is -1.51. The SMILES string of the molecule is CC.CNC(=O)OC(C)c1ccccc1. The third-order valence-corrected chi connectivity index (χ3v) is 1.76. The van der Waals surface area contributed by atoms with Crippen molar-refractivity contribution in [1.29, 1.82) is 0 Å². The Bertz CT molecular complexity index is 272. The Morgan fingerprint density at radius 1 is 1.27 bits per heavy atom. The fraction of sp³-hybridized carbons (Fsp3) is 0.417. The molecule has 1 aromatic rings. The number of nitrogens with one attached hydrogen (secondary N) is 1. The lowest BCUT2D eigenvalue weighted by Gasteiger charge is -2.12. The smallest absolute Gasteiger partial charge is 0.407 e. The number of hydrogen-bond donors (Lipinski definition) is 1. The van der Waals surface area contributed by atoms with E-state index in [1.807, 2.05) is 51.1 Å². The monoisotopic (exact) mass is 209 g/mol. The van der Waals surface area contributed by atoms with Crippen molar-refractivity contribution in [2.45, 2.75) is 26.9 Å². The minimum absolute atomic E-state index is 0.207. The minimum Gasteiger partial charge on any atom is -0.442 e. The standard InChI is InChI=1S/C10H13NO2.C2H6/c1-8(13-10(12)11-2)9-6-4-3-5-7-9;1-2/h3-8H,1-2H3,(H,11,12);1-2H3. The molecule has 15 heavy (non-hydrogen) atoms. The molecule has 1 atom stereocenters. The number of amides is 1. The fourth-order valence-corrected chi connectivity index (χ4v) is 1.01. The van der Waals surface area contributed by atoms with Crippen molar-refractivity contribution in [1.82, 2.24) is 5.32 Å². The highest BCUT2D eigenvalue weighted by atomic mass is 16.6. The van der Waals surface area contributed by atoms with Crippen LogP contribution in [0.5, 0.6) is 0 Å². The molecule has 0 radical (unpaired) electrons. The Kier molecular flexibility index (Phi) is 7.06. The third kappa shape index (κ3) is 5.05. The molecule has 3 nitrogen and oxygen atoms in total. The Labute approximate surface area is 91.5 Å². The number of hydrogen-bond acceptors (Lipinski definition) is 2. The highest BCUT2D eigenvalue weighted by Gasteiger charge is 2.08. The van der Waals surface area contributed by atoms with Gasteiger partial charge in [-0.2, -0.15) is 0 Å². The molecule has 0 aromatic heterocycles. The van der Waals surface area contributed by atoms with E-state index in [1.54, 1.807) is 7.05 Å². The molecule has 0 aliphatic heterocycles. The molecule has 0 aliphatic carbocycles. The normalized spacial score (nSPS) is 10.7. The summed E-state index contributed by atoms with van der Waals surface area (Å²) in [5.41, 5.74) is 0.992. The van der Waals surface area contributed by atoms with Crippen LogP contribution in [0.4, 0.5) is 4.79 Å². The van der Waals surface area contributed by atoms with Gasteiger partial charge < -0.3 is 10.1 Å². The second-order valence-corrected chi connectivity index (χ2v) is 2.71. The molecule has 0 heterocycles. The summed E-state index contributed by atoms with van der Waals surface area (Å²) < 4.78 is 5.04. The lowest BCUT2D eigenvalue weighted by molar-refractivity contribution is 0.109. The van der Waals surface area contributed by atoms with E-state index >= 15 is 0 Å². The predicted octanol–water partition coefficient (Wildman–Crippen LogP) is 3.13. The van der Waals surface area contributed by atoms with Crippen LogP contribution < -0.4 is 5.32 Å². The molecule has 1 rings (SSSR count). The zero-order valence-electron chi connectivity index (χ0n) is 9.78. The summed E-state index contributed by atoms with van der Waals surface area (Å²) in [4.78, 5) is 10.9. The first-order chi connectivity index (χ1) is 7.24. The maximum atomic E-state index is 10.9. The Morgan fingerprint density at radius 3 is 2.27 bits per heavy atom. The lowest BCUT2D eigenvalue weighted by Crippen LogP contribution is -2.20. The molecule has 84 valence electrons. The van der Waals surface area contributed by atoms with E-state index in [2.05, 4.69) is 5.32 Å². The van der Waals surface area contributed by atoms with Crippen LogP contribution in [-0.4, -0.2) is 13.1 Å². The van der Waals surface area contributed by atoms with Gasteiger partial charge in [-0.05, 0) is 12.5 Å². The number of benzene rings is 1. The van der Waals surface area contributed by atoms with E-state index in [4.69, 9.17) is 4.74 Å². The summed E-state index contributed by atoms with van der Waals surface area (Å²) in [6.07, 6.45) is -0.613. The molecule has 0 bridgehead atoms. The zero-order chi connectivity index (χ0) is 11.7. The van der Waals surface area contributed by atoms with Crippen molar-refractivity contribution >= 4 is 6.09 Å². The van der Waals surface area contributed by atoms with Crippen LogP contribution in [0.3, 0.4) is 0 Å². The van der Waals surface area contributed by atoms with Gasteiger partial charge in [-0.1, -0.05) is 44.2 Å². The van der Waals surface area contributed by atoms with E-state index in [-0.39, 0.29) is 6.10 Å². The summed E-state index contributed by atoms with van der Waals surface area (Å²) in [7, 11) is 1.54. The first-order valence-corrected chi connectivity index (χ1v) is 5.17. The van der Waals surface area contributed by atoms with Gasteiger partial charge in [0, 0.05) is 7.05 Å². The number of carbonyl (C=O) groups is 1. The summed E-state index contributed by atoms with van der Waals surface area (Å²) >= 11 is 0. The molecule has 3 heteroatoms. The van der Waals surface area contributed by atoms with Crippen LogP contribution in [0.1, 0.15) is 32.4 Å². The summed E-state index contributed by atoms with van der Waals surface area (Å²) in [5.74, 6) is 0. The highest BCUT2D eigenvalue weighted by Crippen LogP contribution is 2.15. The van der Waals surface area contributed by atoms with E-state index in [0.717, 1.165) is 5.56 Å². The molecule has 0 fully saturated rings. The number of rotatable bonds is 2. The maximum absolute atomic E-state index is 10.9. The zero-order valence-corrected chi connectivity index (χ0v) is 9.78. The summed E-state index contributed by atoms with van der Waals surface area (Å²) in [6.45, 7) is 5.84. The van der Waals surface area contributed by atoms with Crippen LogP contribution in [-0.2, 0) is 4.74 Å². The van der Waals surface area contributed by atoms with Crippen LogP contribution in [0, 0.1) is 0 Å². The maximum Gasteiger partial charge on any atom is 0.407 e. The van der Waals surface area contributed by atoms with Crippen LogP contribution >= 0.6 is 0 Å². The van der Waals surface area contributed by atoms with Crippen molar-refractivity contribution in [2.75, 3.05) is 7.05 Å². The predicted molar refractivity (Wildman–Crippen MR) is 61.7 cm³/mol. The van der Waals surface area contributed by atoms with Gasteiger partial charge in [0.15, 0.2) is 0 Å². The second kappa shape index (κ2) is 7.85. The van der Waals surface area contributed by atoms with Gasteiger partial charge in [-0.3, -0.25) is 0 Å². The van der Waals surface area contributed by atoms with Gasteiger partial charge in [0.1, 0.15) is 6.10 Å². The van der Waals surface area contributed by atoms with E-state index < -0.39 is 6.09 Å². The molecule has 1 N–H and O–H groups in total. The topological polar surface area (TPSA) is 38.3 Å². The number of carbonyl (C=O) groups excluding carboxylic acids is 1. The molecule has 1 amide bonds. The molecule has 0 aliphatic rings. The van der Waals surface area contributed by atoms with Gasteiger partial charge in [0.25, 0.3) is 0 Å². The Balaban J connectivity index is 0.000000921. The average Bonchev–Trinajstić information content (AvgIpc) is 2.32. The third-order valence-electron chi connectivity index (χ3n) is 1.76. The average molecular weight is 209 g/mol. The van der Waals surface area contributed by atoms with Crippen molar-refractivity contribution in [2.24, 2.45) is 0 Å². The van der Waals surface area contributed by atoms with Crippen molar-refractivity contribution in [3.8, 4) is 0 Å². The van der Waals surface area contributed by atoms with Crippen LogP contribution in [0.15, 0.2) is 30.3 Å². The molecular weight excluding hydrogens is 190 g/mol. The van der Waals surface area contributed by atoms with E-state index in [9.17, 15) is 4.79 Å².